The molecule has 0 saturated carbocycles. The van der Waals surface area contributed by atoms with Gasteiger partial charge in [0.25, 0.3) is 0 Å². The molecule has 0 atom stereocenters. The monoisotopic (exact) mass is 178 g/mol. The number of hydrogen-bond donors (Lipinski definition) is 2. The fourth-order valence-corrected chi connectivity index (χ4v) is 0.930. The van der Waals surface area contributed by atoms with Gasteiger partial charge in [-0.1, -0.05) is 30.3 Å². The summed E-state index contributed by atoms with van der Waals surface area (Å²) < 4.78 is 0. The number of benzene rings is 1. The van der Waals surface area contributed by atoms with Crippen LogP contribution in [0.3, 0.4) is 0 Å². The van der Waals surface area contributed by atoms with Gasteiger partial charge < -0.3 is 10.2 Å². The van der Waals surface area contributed by atoms with Crippen LogP contribution in [0.1, 0.15) is 17.4 Å². The molecule has 0 unspecified atom stereocenters. The molecule has 13 heavy (non-hydrogen) atoms. The summed E-state index contributed by atoms with van der Waals surface area (Å²) in [6.07, 6.45) is 2.27. The van der Waals surface area contributed by atoms with Gasteiger partial charge in [0.1, 0.15) is 6.29 Å². The Labute approximate surface area is 76.0 Å². The van der Waals surface area contributed by atoms with Gasteiger partial charge in [0.05, 0.1) is 0 Å². The summed E-state index contributed by atoms with van der Waals surface area (Å²) in [6, 6.07) is 6.59. The standard InChI is InChI=1S/C10H10O3/c11-7-1-2-8-3-5-9(6-4-8)10(12)13/h1-7,10,12-13H/b2-1+. The first-order chi connectivity index (χ1) is 6.24. The Morgan fingerprint density at radius 3 is 2.23 bits per heavy atom. The molecule has 0 heterocycles. The maximum Gasteiger partial charge on any atom is 0.178 e. The van der Waals surface area contributed by atoms with Gasteiger partial charge in [-0.15, -0.1) is 0 Å². The third-order valence-corrected chi connectivity index (χ3v) is 1.60. The van der Waals surface area contributed by atoms with E-state index in [2.05, 4.69) is 0 Å². The first-order valence-corrected chi connectivity index (χ1v) is 3.82. The van der Waals surface area contributed by atoms with E-state index in [-0.39, 0.29) is 0 Å². The number of carbonyl (C=O) groups is 1. The van der Waals surface area contributed by atoms with Crippen LogP contribution in [-0.2, 0) is 4.79 Å². The summed E-state index contributed by atoms with van der Waals surface area (Å²) in [5, 5.41) is 17.5. The van der Waals surface area contributed by atoms with Crippen molar-refractivity contribution in [3.8, 4) is 0 Å². The zero-order chi connectivity index (χ0) is 9.68. The van der Waals surface area contributed by atoms with Gasteiger partial charge in [-0.05, 0) is 11.6 Å². The molecule has 0 aromatic heterocycles. The van der Waals surface area contributed by atoms with Gasteiger partial charge in [0.15, 0.2) is 6.29 Å². The molecule has 1 aromatic carbocycles. The van der Waals surface area contributed by atoms with E-state index in [0.717, 1.165) is 5.56 Å². The number of aliphatic hydroxyl groups is 2. The molecule has 1 rings (SSSR count). The molecule has 0 aliphatic rings. The number of aliphatic hydroxyl groups excluding tert-OH is 1. The highest BCUT2D eigenvalue weighted by Gasteiger charge is 1.99. The lowest BCUT2D eigenvalue weighted by Gasteiger charge is -2.02. The van der Waals surface area contributed by atoms with E-state index >= 15 is 0 Å². The van der Waals surface area contributed by atoms with Gasteiger partial charge >= 0.3 is 0 Å². The lowest BCUT2D eigenvalue weighted by atomic mass is 10.1. The van der Waals surface area contributed by atoms with E-state index in [9.17, 15) is 4.79 Å². The highest BCUT2D eigenvalue weighted by atomic mass is 16.5. The summed E-state index contributed by atoms with van der Waals surface area (Å²) in [5.41, 5.74) is 1.28. The normalized spacial score (nSPS) is 11.0. The minimum absolute atomic E-state index is 0.434. The maximum absolute atomic E-state index is 9.99. The van der Waals surface area contributed by atoms with Crippen LogP contribution < -0.4 is 0 Å². The van der Waals surface area contributed by atoms with Crippen LogP contribution in [0.5, 0.6) is 0 Å². The third kappa shape index (κ3) is 2.82. The van der Waals surface area contributed by atoms with Gasteiger partial charge in [-0.3, -0.25) is 4.79 Å². The van der Waals surface area contributed by atoms with Gasteiger partial charge in [0.2, 0.25) is 0 Å². The number of hydrogen-bond acceptors (Lipinski definition) is 3. The highest BCUT2D eigenvalue weighted by Crippen LogP contribution is 2.11. The van der Waals surface area contributed by atoms with Crippen molar-refractivity contribution in [1.29, 1.82) is 0 Å². The van der Waals surface area contributed by atoms with Gasteiger partial charge in [0, 0.05) is 5.56 Å². The van der Waals surface area contributed by atoms with Crippen molar-refractivity contribution in [3.63, 3.8) is 0 Å². The molecule has 3 heteroatoms. The molecule has 0 spiro atoms. The van der Waals surface area contributed by atoms with Crippen LogP contribution in [0.4, 0.5) is 0 Å². The second kappa shape index (κ2) is 4.54. The molecule has 0 aliphatic heterocycles. The molecular weight excluding hydrogens is 168 g/mol. The largest absolute Gasteiger partial charge is 0.364 e. The fourth-order valence-electron chi connectivity index (χ4n) is 0.930. The first-order valence-electron chi connectivity index (χ1n) is 3.82. The van der Waals surface area contributed by atoms with Crippen molar-refractivity contribution in [1.82, 2.24) is 0 Å². The summed E-state index contributed by atoms with van der Waals surface area (Å²) in [5.74, 6) is 0. The minimum atomic E-state index is -1.44. The van der Waals surface area contributed by atoms with Gasteiger partial charge in [-0.2, -0.15) is 0 Å². The molecule has 0 bridgehead atoms. The van der Waals surface area contributed by atoms with E-state index in [1.807, 2.05) is 0 Å². The minimum Gasteiger partial charge on any atom is -0.364 e. The second-order valence-electron chi connectivity index (χ2n) is 2.54. The van der Waals surface area contributed by atoms with Crippen LogP contribution in [0.15, 0.2) is 30.3 Å². The molecule has 0 aliphatic carbocycles. The molecule has 1 aromatic rings. The molecule has 0 radical (unpaired) electrons. The smallest absolute Gasteiger partial charge is 0.178 e. The lowest BCUT2D eigenvalue weighted by molar-refractivity contribution is -0.104. The zero-order valence-corrected chi connectivity index (χ0v) is 6.92. The molecule has 2 N–H and O–H groups in total. The van der Waals surface area contributed by atoms with Crippen LogP contribution in [0.25, 0.3) is 6.08 Å². The van der Waals surface area contributed by atoms with E-state index in [1.165, 1.54) is 6.08 Å². The summed E-state index contributed by atoms with van der Waals surface area (Å²) in [7, 11) is 0. The Balaban J connectivity index is 2.81. The van der Waals surface area contributed by atoms with Crippen LogP contribution in [-0.4, -0.2) is 16.5 Å². The molecule has 68 valence electrons. The summed E-state index contributed by atoms with van der Waals surface area (Å²) in [4.78, 5) is 9.99. The van der Waals surface area contributed by atoms with Gasteiger partial charge in [-0.25, -0.2) is 0 Å². The van der Waals surface area contributed by atoms with E-state index in [0.29, 0.717) is 11.8 Å². The molecule has 0 amide bonds. The van der Waals surface area contributed by atoms with Crippen molar-refractivity contribution >= 4 is 12.4 Å². The third-order valence-electron chi connectivity index (χ3n) is 1.60. The Morgan fingerprint density at radius 2 is 1.77 bits per heavy atom. The van der Waals surface area contributed by atoms with Crippen molar-refractivity contribution in [2.45, 2.75) is 6.29 Å². The Bertz CT molecular complexity index is 298. The van der Waals surface area contributed by atoms with E-state index < -0.39 is 6.29 Å². The average molecular weight is 178 g/mol. The second-order valence-corrected chi connectivity index (χ2v) is 2.54. The van der Waals surface area contributed by atoms with Crippen molar-refractivity contribution in [2.24, 2.45) is 0 Å². The Hall–Kier alpha value is -1.45. The fraction of sp³-hybridized carbons (Fsp3) is 0.100. The predicted molar refractivity (Wildman–Crippen MR) is 48.7 cm³/mol. The number of rotatable bonds is 3. The van der Waals surface area contributed by atoms with Crippen molar-refractivity contribution in [2.75, 3.05) is 0 Å². The number of allylic oxidation sites excluding steroid dienone is 1. The molecular formula is C10H10O3. The van der Waals surface area contributed by atoms with Crippen molar-refractivity contribution in [3.05, 3.63) is 41.5 Å². The van der Waals surface area contributed by atoms with E-state index in [4.69, 9.17) is 10.2 Å². The molecule has 3 nitrogen and oxygen atoms in total. The van der Waals surface area contributed by atoms with Crippen LogP contribution in [0.2, 0.25) is 0 Å². The lowest BCUT2D eigenvalue weighted by Crippen LogP contribution is -1.93. The quantitative estimate of drug-likeness (QED) is 0.410. The number of carbonyl (C=O) groups excluding carboxylic acids is 1. The Kier molecular flexibility index (Phi) is 3.37. The average Bonchev–Trinajstić information content (AvgIpc) is 2.15. The Morgan fingerprint density at radius 1 is 1.15 bits per heavy atom. The zero-order valence-electron chi connectivity index (χ0n) is 6.92. The van der Waals surface area contributed by atoms with E-state index in [1.54, 1.807) is 30.3 Å². The SMILES string of the molecule is O=C/C=C/c1ccc(C(O)O)cc1. The van der Waals surface area contributed by atoms with Crippen LogP contribution >= 0.6 is 0 Å². The first kappa shape index (κ1) is 9.64. The molecule has 0 saturated heterocycles. The highest BCUT2D eigenvalue weighted by molar-refractivity contribution is 5.73. The summed E-state index contributed by atoms with van der Waals surface area (Å²) in [6.45, 7) is 0. The summed E-state index contributed by atoms with van der Waals surface area (Å²) >= 11 is 0. The number of aldehydes is 1. The predicted octanol–water partition coefficient (Wildman–Crippen LogP) is 0.882. The molecule has 0 fully saturated rings. The maximum atomic E-state index is 9.99. The topological polar surface area (TPSA) is 57.5 Å². The van der Waals surface area contributed by atoms with Crippen molar-refractivity contribution < 1.29 is 15.0 Å². The van der Waals surface area contributed by atoms with Crippen LogP contribution in [0, 0.1) is 0 Å².